The number of nitrogens with one attached hydrogen (secondary N) is 1. The molecule has 1 atom stereocenters. The zero-order valence-electron chi connectivity index (χ0n) is 13.6. The maximum Gasteiger partial charge on any atom is 0.416 e. The van der Waals surface area contributed by atoms with E-state index in [1.54, 1.807) is 19.1 Å². The summed E-state index contributed by atoms with van der Waals surface area (Å²) in [4.78, 5) is 20.4. The molecule has 1 aromatic carbocycles. The molecule has 0 fully saturated rings. The number of alkyl halides is 3. The van der Waals surface area contributed by atoms with E-state index in [1.807, 2.05) is 0 Å². The summed E-state index contributed by atoms with van der Waals surface area (Å²) >= 11 is 0. The minimum absolute atomic E-state index is 0.0551. The minimum atomic E-state index is -4.55. The monoisotopic (exact) mass is 358 g/mol. The third-order valence-corrected chi connectivity index (χ3v) is 3.73. The Morgan fingerprint density at radius 2 is 2.08 bits per heavy atom. The second-order valence-corrected chi connectivity index (χ2v) is 5.55. The van der Waals surface area contributed by atoms with Crippen molar-refractivity contribution in [2.75, 3.05) is 5.32 Å². The third-order valence-electron chi connectivity index (χ3n) is 3.73. The summed E-state index contributed by atoms with van der Waals surface area (Å²) in [6, 6.07) is 5.80. The molecule has 0 aliphatic rings. The van der Waals surface area contributed by atoms with Gasteiger partial charge in [0.15, 0.2) is 0 Å². The van der Waals surface area contributed by atoms with E-state index in [4.69, 9.17) is 6.42 Å². The van der Waals surface area contributed by atoms with Crippen molar-refractivity contribution < 1.29 is 13.2 Å². The Kier molecular flexibility index (Phi) is 4.38. The van der Waals surface area contributed by atoms with Gasteiger partial charge in [-0.25, -0.2) is 4.79 Å². The van der Waals surface area contributed by atoms with Crippen molar-refractivity contribution in [1.82, 2.24) is 14.5 Å². The molecule has 0 saturated heterocycles. The second-order valence-electron chi connectivity index (χ2n) is 5.55. The Labute approximate surface area is 146 Å². The van der Waals surface area contributed by atoms with Crippen LogP contribution in [0.1, 0.15) is 12.5 Å². The number of hydrogen-bond donors (Lipinski definition) is 1. The lowest BCUT2D eigenvalue weighted by atomic mass is 10.1. The van der Waals surface area contributed by atoms with Crippen LogP contribution in [0.15, 0.2) is 47.5 Å². The largest absolute Gasteiger partial charge is 0.416 e. The number of pyridine rings is 1. The number of anilines is 1. The average molecular weight is 358 g/mol. The molecule has 1 N–H and O–H groups in total. The molecule has 26 heavy (non-hydrogen) atoms. The lowest BCUT2D eigenvalue weighted by Crippen LogP contribution is -2.25. The van der Waals surface area contributed by atoms with Crippen LogP contribution >= 0.6 is 0 Å². The van der Waals surface area contributed by atoms with E-state index in [-0.39, 0.29) is 11.3 Å². The Morgan fingerprint density at radius 3 is 2.69 bits per heavy atom. The van der Waals surface area contributed by atoms with Crippen LogP contribution in [0.3, 0.4) is 0 Å². The molecule has 3 rings (SSSR count). The zero-order chi connectivity index (χ0) is 18.9. The summed E-state index contributed by atoms with van der Waals surface area (Å²) < 4.78 is 40.6. The molecule has 0 radical (unpaired) electrons. The van der Waals surface area contributed by atoms with Crippen LogP contribution in [0.5, 0.6) is 0 Å². The van der Waals surface area contributed by atoms with Crippen molar-refractivity contribution in [2.45, 2.75) is 19.1 Å². The van der Waals surface area contributed by atoms with Gasteiger partial charge in [0, 0.05) is 11.6 Å². The SMILES string of the molecule is C#CC(C)Nc1nc(=O)n(-c2cccnc2)c2cc(C(F)(F)F)ccc12. The van der Waals surface area contributed by atoms with Crippen LogP contribution in [0.2, 0.25) is 0 Å². The molecule has 2 aromatic heterocycles. The minimum Gasteiger partial charge on any atom is -0.356 e. The van der Waals surface area contributed by atoms with Crippen molar-refractivity contribution >= 4 is 16.7 Å². The normalized spacial score (nSPS) is 12.6. The van der Waals surface area contributed by atoms with E-state index in [2.05, 4.69) is 21.2 Å². The van der Waals surface area contributed by atoms with Gasteiger partial charge < -0.3 is 5.32 Å². The van der Waals surface area contributed by atoms with Gasteiger partial charge in [-0.1, -0.05) is 5.92 Å². The number of nitrogens with zero attached hydrogens (tertiary/aromatic N) is 3. The number of rotatable bonds is 3. The fourth-order valence-corrected chi connectivity index (χ4v) is 2.49. The first-order valence-corrected chi connectivity index (χ1v) is 7.58. The first-order valence-electron chi connectivity index (χ1n) is 7.58. The molecule has 132 valence electrons. The van der Waals surface area contributed by atoms with Gasteiger partial charge in [0.1, 0.15) is 5.82 Å². The summed E-state index contributed by atoms with van der Waals surface area (Å²) in [6.45, 7) is 1.67. The molecule has 5 nitrogen and oxygen atoms in total. The summed E-state index contributed by atoms with van der Waals surface area (Å²) in [5, 5.41) is 3.19. The summed E-state index contributed by atoms with van der Waals surface area (Å²) in [5.41, 5.74) is -1.24. The standard InChI is InChI=1S/C18H13F3N4O/c1-3-11(2)23-16-14-7-6-12(18(19,20)21)9-15(14)25(17(26)24-16)13-5-4-8-22-10-13/h1,4-11H,2H3,(H,23,24,26). The van der Waals surface area contributed by atoms with Gasteiger partial charge in [0.2, 0.25) is 0 Å². The molecule has 8 heteroatoms. The molecule has 1 unspecified atom stereocenters. The van der Waals surface area contributed by atoms with Gasteiger partial charge in [-0.05, 0) is 37.3 Å². The molecule has 0 spiro atoms. The Bertz CT molecular complexity index is 1050. The number of fused-ring (bicyclic) bond motifs is 1. The van der Waals surface area contributed by atoms with E-state index in [1.165, 1.54) is 18.5 Å². The maximum absolute atomic E-state index is 13.2. The predicted molar refractivity (Wildman–Crippen MR) is 92.1 cm³/mol. The molecule has 0 saturated carbocycles. The van der Waals surface area contributed by atoms with Crippen molar-refractivity contribution in [3.63, 3.8) is 0 Å². The highest BCUT2D eigenvalue weighted by Crippen LogP contribution is 2.33. The fourth-order valence-electron chi connectivity index (χ4n) is 2.49. The Morgan fingerprint density at radius 1 is 1.31 bits per heavy atom. The lowest BCUT2D eigenvalue weighted by Gasteiger charge is -2.16. The summed E-state index contributed by atoms with van der Waals surface area (Å²) in [6.07, 6.45) is 3.65. The average Bonchev–Trinajstić information content (AvgIpc) is 2.61. The third kappa shape index (κ3) is 3.24. The van der Waals surface area contributed by atoms with E-state index < -0.39 is 23.5 Å². The quantitative estimate of drug-likeness (QED) is 0.731. The van der Waals surface area contributed by atoms with E-state index >= 15 is 0 Å². The zero-order valence-corrected chi connectivity index (χ0v) is 13.6. The van der Waals surface area contributed by atoms with Gasteiger partial charge >= 0.3 is 11.9 Å². The first-order chi connectivity index (χ1) is 12.3. The number of terminal acetylenes is 1. The van der Waals surface area contributed by atoms with Crippen LogP contribution in [0.25, 0.3) is 16.6 Å². The highest BCUT2D eigenvalue weighted by atomic mass is 19.4. The molecular weight excluding hydrogens is 345 g/mol. The smallest absolute Gasteiger partial charge is 0.356 e. The van der Waals surface area contributed by atoms with E-state index in [0.29, 0.717) is 11.1 Å². The van der Waals surface area contributed by atoms with Gasteiger partial charge in [-0.15, -0.1) is 6.42 Å². The number of halogens is 3. The molecule has 0 aliphatic heterocycles. The van der Waals surface area contributed by atoms with Gasteiger partial charge in [-0.3, -0.25) is 9.55 Å². The van der Waals surface area contributed by atoms with Crippen LogP contribution in [-0.4, -0.2) is 20.6 Å². The van der Waals surface area contributed by atoms with Crippen molar-refractivity contribution in [1.29, 1.82) is 0 Å². The molecule has 0 bridgehead atoms. The van der Waals surface area contributed by atoms with Crippen molar-refractivity contribution in [2.24, 2.45) is 0 Å². The highest BCUT2D eigenvalue weighted by Gasteiger charge is 2.31. The molecule has 0 aliphatic carbocycles. The van der Waals surface area contributed by atoms with Gasteiger partial charge in [-0.2, -0.15) is 18.2 Å². The van der Waals surface area contributed by atoms with Gasteiger partial charge in [0.05, 0.1) is 29.0 Å². The summed E-state index contributed by atoms with van der Waals surface area (Å²) in [5.74, 6) is 2.56. The first kappa shape index (κ1) is 17.5. The van der Waals surface area contributed by atoms with Crippen molar-refractivity contribution in [3.05, 3.63) is 58.8 Å². The molecular formula is C18H13F3N4O. The molecule has 2 heterocycles. The summed E-state index contributed by atoms with van der Waals surface area (Å²) in [7, 11) is 0. The second kappa shape index (κ2) is 6.52. The topological polar surface area (TPSA) is 59.8 Å². The van der Waals surface area contributed by atoms with Crippen LogP contribution < -0.4 is 11.0 Å². The molecule has 3 aromatic rings. The number of hydrogen-bond acceptors (Lipinski definition) is 4. The van der Waals surface area contributed by atoms with Crippen LogP contribution in [-0.2, 0) is 6.18 Å². The number of benzene rings is 1. The fraction of sp³-hybridized carbons (Fsp3) is 0.167. The number of aromatic nitrogens is 3. The van der Waals surface area contributed by atoms with Crippen molar-refractivity contribution in [3.8, 4) is 18.0 Å². The highest BCUT2D eigenvalue weighted by molar-refractivity contribution is 5.91. The van der Waals surface area contributed by atoms with Crippen LogP contribution in [0, 0.1) is 12.3 Å². The lowest BCUT2D eigenvalue weighted by molar-refractivity contribution is -0.137. The van der Waals surface area contributed by atoms with E-state index in [9.17, 15) is 18.0 Å². The van der Waals surface area contributed by atoms with Gasteiger partial charge in [0.25, 0.3) is 0 Å². The van der Waals surface area contributed by atoms with Crippen LogP contribution in [0.4, 0.5) is 19.0 Å². The predicted octanol–water partition coefficient (Wildman–Crippen LogP) is 3.23. The molecule has 0 amide bonds. The Hall–Kier alpha value is -3.34. The van der Waals surface area contributed by atoms with E-state index in [0.717, 1.165) is 16.7 Å². The maximum atomic E-state index is 13.2. The Balaban J connectivity index is 2.36.